The number of carbonyl (C=O) groups excluding carboxylic acids is 3. The Labute approximate surface area is 129 Å². The van der Waals surface area contributed by atoms with Gasteiger partial charge in [-0.05, 0) is 33.1 Å². The standard InChI is InChI=1S/C16H22O6/c1-4-16(2,3)15(19)20-7-11(17)22-13-8-5-9-12(13)10(6-8)21-14(9)18/h8-10,12-13H,4-7H2,1-3H3. The molecule has 6 nitrogen and oxygen atoms in total. The first-order valence-corrected chi connectivity index (χ1v) is 7.90. The Kier molecular flexibility index (Phi) is 3.65. The van der Waals surface area contributed by atoms with Crippen LogP contribution in [0.3, 0.4) is 0 Å². The summed E-state index contributed by atoms with van der Waals surface area (Å²) in [5.74, 6) is -1.05. The lowest BCUT2D eigenvalue weighted by Crippen LogP contribution is -2.31. The van der Waals surface area contributed by atoms with Crippen LogP contribution in [0.4, 0.5) is 0 Å². The summed E-state index contributed by atoms with van der Waals surface area (Å²) in [6.07, 6.45) is 1.77. The molecule has 5 atom stereocenters. The lowest BCUT2D eigenvalue weighted by molar-refractivity contribution is -0.168. The molecule has 0 aromatic carbocycles. The second kappa shape index (κ2) is 5.25. The molecule has 0 N–H and O–H groups in total. The highest BCUT2D eigenvalue weighted by Gasteiger charge is 2.63. The summed E-state index contributed by atoms with van der Waals surface area (Å²) in [6.45, 7) is 5.07. The van der Waals surface area contributed by atoms with Gasteiger partial charge in [0.15, 0.2) is 6.61 Å². The van der Waals surface area contributed by atoms with Crippen molar-refractivity contribution in [3.05, 3.63) is 0 Å². The third kappa shape index (κ3) is 2.38. The molecule has 3 fully saturated rings. The molecule has 0 aromatic heterocycles. The summed E-state index contributed by atoms with van der Waals surface area (Å²) >= 11 is 0. The van der Waals surface area contributed by atoms with Crippen molar-refractivity contribution in [1.29, 1.82) is 0 Å². The van der Waals surface area contributed by atoms with Crippen LogP contribution in [0.15, 0.2) is 0 Å². The van der Waals surface area contributed by atoms with Gasteiger partial charge < -0.3 is 14.2 Å². The molecular weight excluding hydrogens is 288 g/mol. The van der Waals surface area contributed by atoms with Gasteiger partial charge in [-0.15, -0.1) is 0 Å². The fourth-order valence-electron chi connectivity index (χ4n) is 3.76. The number of fused-ring (bicyclic) bond motifs is 1. The molecular formula is C16H22O6. The zero-order valence-corrected chi connectivity index (χ0v) is 13.2. The molecule has 0 spiro atoms. The van der Waals surface area contributed by atoms with Crippen molar-refractivity contribution < 1.29 is 28.6 Å². The Balaban J connectivity index is 1.52. The summed E-state index contributed by atoms with van der Waals surface area (Å²) in [5, 5.41) is 0. The Bertz CT molecular complexity index is 511. The van der Waals surface area contributed by atoms with Gasteiger partial charge in [-0.25, -0.2) is 4.79 Å². The zero-order valence-electron chi connectivity index (χ0n) is 13.2. The van der Waals surface area contributed by atoms with Gasteiger partial charge in [-0.1, -0.05) is 6.92 Å². The second-order valence-electron chi connectivity index (χ2n) is 7.16. The summed E-state index contributed by atoms with van der Waals surface area (Å²) in [7, 11) is 0. The number of esters is 3. The molecule has 1 saturated heterocycles. The SMILES string of the molecule is CCC(C)(C)C(=O)OCC(=O)OC1C2CC3OC(=O)C(C2)C31. The third-order valence-corrected chi connectivity index (χ3v) is 5.43. The maximum absolute atomic E-state index is 11.9. The van der Waals surface area contributed by atoms with Crippen molar-refractivity contribution in [1.82, 2.24) is 0 Å². The summed E-state index contributed by atoms with van der Waals surface area (Å²) in [6, 6.07) is 0. The van der Waals surface area contributed by atoms with Gasteiger partial charge >= 0.3 is 17.9 Å². The molecule has 3 aliphatic rings. The van der Waals surface area contributed by atoms with Crippen LogP contribution in [0.2, 0.25) is 0 Å². The van der Waals surface area contributed by atoms with Crippen LogP contribution in [0, 0.1) is 23.2 Å². The van der Waals surface area contributed by atoms with Crippen molar-refractivity contribution in [2.24, 2.45) is 23.2 Å². The largest absolute Gasteiger partial charge is 0.462 e. The predicted molar refractivity (Wildman–Crippen MR) is 74.5 cm³/mol. The van der Waals surface area contributed by atoms with Crippen LogP contribution in [-0.4, -0.2) is 36.7 Å². The zero-order chi connectivity index (χ0) is 16.1. The molecule has 0 aromatic rings. The van der Waals surface area contributed by atoms with E-state index in [1.807, 2.05) is 6.92 Å². The van der Waals surface area contributed by atoms with E-state index in [4.69, 9.17) is 14.2 Å². The first-order chi connectivity index (χ1) is 10.3. The average molecular weight is 310 g/mol. The predicted octanol–water partition coefficient (Wildman–Crippen LogP) is 1.46. The first-order valence-electron chi connectivity index (χ1n) is 7.90. The minimum absolute atomic E-state index is 0.00997. The van der Waals surface area contributed by atoms with Crippen LogP contribution in [0.5, 0.6) is 0 Å². The highest BCUT2D eigenvalue weighted by Crippen LogP contribution is 2.55. The van der Waals surface area contributed by atoms with Crippen molar-refractivity contribution >= 4 is 17.9 Å². The van der Waals surface area contributed by atoms with E-state index in [0.717, 1.165) is 12.8 Å². The highest BCUT2D eigenvalue weighted by molar-refractivity contribution is 5.80. The fraction of sp³-hybridized carbons (Fsp3) is 0.812. The third-order valence-electron chi connectivity index (χ3n) is 5.43. The molecule has 6 heteroatoms. The van der Waals surface area contributed by atoms with Gasteiger partial charge in [0.05, 0.1) is 11.3 Å². The molecule has 2 bridgehead atoms. The van der Waals surface area contributed by atoms with E-state index in [1.54, 1.807) is 13.8 Å². The molecule has 1 heterocycles. The van der Waals surface area contributed by atoms with Gasteiger partial charge in [0.1, 0.15) is 12.2 Å². The molecule has 122 valence electrons. The molecule has 2 saturated carbocycles. The summed E-state index contributed by atoms with van der Waals surface area (Å²) in [4.78, 5) is 35.4. The van der Waals surface area contributed by atoms with E-state index in [9.17, 15) is 14.4 Å². The average Bonchev–Trinajstić information content (AvgIpc) is 3.03. The minimum Gasteiger partial charge on any atom is -0.462 e. The lowest BCUT2D eigenvalue weighted by Gasteiger charge is -2.21. The Hall–Kier alpha value is -1.59. The minimum atomic E-state index is -0.605. The second-order valence-corrected chi connectivity index (χ2v) is 7.16. The molecule has 22 heavy (non-hydrogen) atoms. The lowest BCUT2D eigenvalue weighted by atomic mass is 9.90. The monoisotopic (exact) mass is 310 g/mol. The molecule has 0 amide bonds. The molecule has 5 unspecified atom stereocenters. The Morgan fingerprint density at radius 2 is 2.05 bits per heavy atom. The van der Waals surface area contributed by atoms with E-state index in [0.29, 0.717) is 6.42 Å². The molecule has 0 radical (unpaired) electrons. The first kappa shape index (κ1) is 15.3. The van der Waals surface area contributed by atoms with Gasteiger partial charge in [-0.2, -0.15) is 0 Å². The van der Waals surface area contributed by atoms with E-state index in [-0.39, 0.29) is 42.5 Å². The van der Waals surface area contributed by atoms with Crippen LogP contribution in [-0.2, 0) is 28.6 Å². The molecule has 1 aliphatic heterocycles. The molecule has 3 rings (SSSR count). The number of ether oxygens (including phenoxy) is 3. The van der Waals surface area contributed by atoms with E-state index < -0.39 is 17.4 Å². The fourth-order valence-corrected chi connectivity index (χ4v) is 3.76. The summed E-state index contributed by atoms with van der Waals surface area (Å²) in [5.41, 5.74) is -0.605. The maximum Gasteiger partial charge on any atom is 0.344 e. The van der Waals surface area contributed by atoms with Crippen LogP contribution in [0.25, 0.3) is 0 Å². The number of carbonyl (C=O) groups is 3. The smallest absolute Gasteiger partial charge is 0.344 e. The van der Waals surface area contributed by atoms with Crippen LogP contribution in [0.1, 0.15) is 40.0 Å². The van der Waals surface area contributed by atoms with Crippen molar-refractivity contribution in [2.75, 3.05) is 6.61 Å². The highest BCUT2D eigenvalue weighted by atomic mass is 16.6. The van der Waals surface area contributed by atoms with Crippen molar-refractivity contribution in [3.8, 4) is 0 Å². The van der Waals surface area contributed by atoms with E-state index >= 15 is 0 Å². The van der Waals surface area contributed by atoms with Crippen LogP contribution < -0.4 is 0 Å². The van der Waals surface area contributed by atoms with Crippen molar-refractivity contribution in [3.63, 3.8) is 0 Å². The van der Waals surface area contributed by atoms with Gasteiger partial charge in [0, 0.05) is 11.8 Å². The van der Waals surface area contributed by atoms with Gasteiger partial charge in [0.2, 0.25) is 0 Å². The maximum atomic E-state index is 11.9. The number of hydrogen-bond acceptors (Lipinski definition) is 6. The van der Waals surface area contributed by atoms with E-state index in [2.05, 4.69) is 0 Å². The van der Waals surface area contributed by atoms with Crippen LogP contribution >= 0.6 is 0 Å². The van der Waals surface area contributed by atoms with Gasteiger partial charge in [0.25, 0.3) is 0 Å². The van der Waals surface area contributed by atoms with Gasteiger partial charge in [-0.3, -0.25) is 9.59 Å². The topological polar surface area (TPSA) is 78.9 Å². The number of rotatable bonds is 5. The van der Waals surface area contributed by atoms with Crippen molar-refractivity contribution in [2.45, 2.75) is 52.2 Å². The summed E-state index contributed by atoms with van der Waals surface area (Å²) < 4.78 is 15.8. The Morgan fingerprint density at radius 1 is 1.32 bits per heavy atom. The normalized spacial score (nSPS) is 35.4. The quantitative estimate of drug-likeness (QED) is 0.565. The Morgan fingerprint density at radius 3 is 2.68 bits per heavy atom. The number of hydrogen-bond donors (Lipinski definition) is 0. The molecule has 2 aliphatic carbocycles. The van der Waals surface area contributed by atoms with E-state index in [1.165, 1.54) is 0 Å².